The maximum Gasteiger partial charge on any atom is 0.191 e. The fourth-order valence-electron chi connectivity index (χ4n) is 3.00. The van der Waals surface area contributed by atoms with E-state index < -0.39 is 9.84 Å². The summed E-state index contributed by atoms with van der Waals surface area (Å²) in [6.07, 6.45) is 4.11. The Morgan fingerprint density at radius 3 is 2.52 bits per heavy atom. The largest absolute Gasteiger partial charge is 0.492 e. The van der Waals surface area contributed by atoms with E-state index in [0.717, 1.165) is 18.5 Å². The zero-order valence-electron chi connectivity index (χ0n) is 16.6. The van der Waals surface area contributed by atoms with E-state index in [0.29, 0.717) is 24.9 Å². The monoisotopic (exact) mass is 414 g/mol. The lowest BCUT2D eigenvalue weighted by Gasteiger charge is -2.12. The molecule has 0 saturated heterocycles. The lowest BCUT2D eigenvalue weighted by atomic mass is 10.1. The highest BCUT2D eigenvalue weighted by Gasteiger charge is 2.06. The lowest BCUT2D eigenvalue weighted by molar-refractivity contribution is 0.321. The predicted octanol–water partition coefficient (Wildman–Crippen LogP) is 2.36. The van der Waals surface area contributed by atoms with E-state index in [1.807, 2.05) is 18.3 Å². The molecule has 0 spiro atoms. The van der Waals surface area contributed by atoms with Crippen molar-refractivity contribution in [2.45, 2.75) is 11.3 Å². The number of aromatic amines is 1. The lowest BCUT2D eigenvalue weighted by Crippen LogP contribution is -2.40. The number of fused-ring (bicyclic) bond motifs is 1. The first-order chi connectivity index (χ1) is 14.0. The molecule has 3 rings (SSSR count). The van der Waals surface area contributed by atoms with Gasteiger partial charge in [0, 0.05) is 36.9 Å². The van der Waals surface area contributed by atoms with Crippen molar-refractivity contribution in [1.29, 1.82) is 0 Å². The predicted molar refractivity (Wildman–Crippen MR) is 116 cm³/mol. The van der Waals surface area contributed by atoms with Crippen LogP contribution in [-0.4, -0.2) is 52.4 Å². The summed E-state index contributed by atoms with van der Waals surface area (Å²) < 4.78 is 28.6. The van der Waals surface area contributed by atoms with Gasteiger partial charge in [0.2, 0.25) is 0 Å². The van der Waals surface area contributed by atoms with Gasteiger partial charge in [0.15, 0.2) is 15.8 Å². The van der Waals surface area contributed by atoms with Gasteiger partial charge in [0.1, 0.15) is 12.4 Å². The molecule has 154 valence electrons. The molecule has 0 saturated carbocycles. The van der Waals surface area contributed by atoms with E-state index in [1.165, 1.54) is 17.2 Å². The molecule has 0 aliphatic rings. The Hall–Kier alpha value is -3.00. The number of nitrogens with one attached hydrogen (secondary N) is 3. The summed E-state index contributed by atoms with van der Waals surface area (Å²) in [5.74, 6) is 1.34. The minimum Gasteiger partial charge on any atom is -0.492 e. The van der Waals surface area contributed by atoms with Crippen LogP contribution in [0.25, 0.3) is 10.9 Å². The normalized spacial score (nSPS) is 12.1. The number of aromatic nitrogens is 1. The van der Waals surface area contributed by atoms with Crippen LogP contribution in [0.1, 0.15) is 5.56 Å². The third-order valence-corrected chi connectivity index (χ3v) is 5.63. The van der Waals surface area contributed by atoms with Crippen LogP contribution in [0.2, 0.25) is 0 Å². The number of para-hydroxylation sites is 1. The fraction of sp³-hybridized carbons (Fsp3) is 0.286. The van der Waals surface area contributed by atoms with Gasteiger partial charge in [-0.2, -0.15) is 0 Å². The van der Waals surface area contributed by atoms with Crippen LogP contribution < -0.4 is 15.4 Å². The Kier molecular flexibility index (Phi) is 6.77. The quantitative estimate of drug-likeness (QED) is 0.299. The summed E-state index contributed by atoms with van der Waals surface area (Å²) in [5.41, 5.74) is 2.41. The van der Waals surface area contributed by atoms with E-state index in [2.05, 4.69) is 32.7 Å². The van der Waals surface area contributed by atoms with Crippen molar-refractivity contribution in [1.82, 2.24) is 15.6 Å². The van der Waals surface area contributed by atoms with Crippen molar-refractivity contribution in [3.8, 4) is 5.75 Å². The SMILES string of the molecule is CN=C(NCCOc1ccc(S(C)(=O)=O)cc1)NCCc1c[nH]c2ccccc12. The van der Waals surface area contributed by atoms with Crippen molar-refractivity contribution < 1.29 is 13.2 Å². The molecular weight excluding hydrogens is 388 g/mol. The van der Waals surface area contributed by atoms with Gasteiger partial charge in [-0.25, -0.2) is 8.42 Å². The summed E-state index contributed by atoms with van der Waals surface area (Å²) in [6, 6.07) is 14.7. The Morgan fingerprint density at radius 1 is 1.07 bits per heavy atom. The van der Waals surface area contributed by atoms with E-state index in [-0.39, 0.29) is 4.90 Å². The van der Waals surface area contributed by atoms with Crippen molar-refractivity contribution in [2.75, 3.05) is 33.0 Å². The number of ether oxygens (including phenoxy) is 1. The highest BCUT2D eigenvalue weighted by atomic mass is 32.2. The third kappa shape index (κ3) is 5.74. The number of sulfone groups is 1. The summed E-state index contributed by atoms with van der Waals surface area (Å²) in [4.78, 5) is 7.78. The van der Waals surface area contributed by atoms with Gasteiger partial charge in [0.25, 0.3) is 0 Å². The second kappa shape index (κ2) is 9.47. The first-order valence-electron chi connectivity index (χ1n) is 9.40. The van der Waals surface area contributed by atoms with E-state index >= 15 is 0 Å². The molecule has 0 aliphatic carbocycles. The molecule has 7 nitrogen and oxygen atoms in total. The Morgan fingerprint density at radius 2 is 1.79 bits per heavy atom. The topological polar surface area (TPSA) is 95.6 Å². The smallest absolute Gasteiger partial charge is 0.191 e. The van der Waals surface area contributed by atoms with Crippen molar-refractivity contribution in [3.63, 3.8) is 0 Å². The van der Waals surface area contributed by atoms with E-state index in [9.17, 15) is 8.42 Å². The van der Waals surface area contributed by atoms with E-state index in [4.69, 9.17) is 4.74 Å². The third-order valence-electron chi connectivity index (χ3n) is 4.50. The number of guanidine groups is 1. The molecule has 1 aromatic heterocycles. The number of aliphatic imine (C=N–C) groups is 1. The van der Waals surface area contributed by atoms with Crippen LogP contribution in [0, 0.1) is 0 Å². The molecule has 8 heteroatoms. The highest BCUT2D eigenvalue weighted by molar-refractivity contribution is 7.90. The van der Waals surface area contributed by atoms with Gasteiger partial charge in [-0.15, -0.1) is 0 Å². The van der Waals surface area contributed by atoms with Crippen LogP contribution >= 0.6 is 0 Å². The molecule has 1 heterocycles. The average molecular weight is 415 g/mol. The molecule has 3 N–H and O–H groups in total. The molecule has 2 aromatic carbocycles. The van der Waals surface area contributed by atoms with Crippen LogP contribution in [0.5, 0.6) is 5.75 Å². The van der Waals surface area contributed by atoms with Crippen LogP contribution in [0.3, 0.4) is 0 Å². The van der Waals surface area contributed by atoms with Gasteiger partial charge >= 0.3 is 0 Å². The second-order valence-corrected chi connectivity index (χ2v) is 8.64. The first kappa shape index (κ1) is 20.7. The Balaban J connectivity index is 1.39. The maximum atomic E-state index is 11.5. The van der Waals surface area contributed by atoms with E-state index in [1.54, 1.807) is 31.3 Å². The molecule has 29 heavy (non-hydrogen) atoms. The second-order valence-electron chi connectivity index (χ2n) is 6.63. The van der Waals surface area contributed by atoms with Gasteiger partial charge in [0.05, 0.1) is 11.4 Å². The number of hydrogen-bond acceptors (Lipinski definition) is 4. The number of nitrogens with zero attached hydrogens (tertiary/aromatic N) is 1. The number of H-pyrrole nitrogens is 1. The zero-order chi connectivity index (χ0) is 20.7. The molecule has 0 bridgehead atoms. The molecule has 0 aliphatic heterocycles. The number of rotatable bonds is 8. The maximum absolute atomic E-state index is 11.5. The molecular formula is C21H26N4O3S. The first-order valence-corrected chi connectivity index (χ1v) is 11.3. The minimum atomic E-state index is -3.19. The summed E-state index contributed by atoms with van der Waals surface area (Å²) in [5, 5.41) is 7.74. The standard InChI is InChI=1S/C21H26N4O3S/c1-22-21(23-12-11-16-15-25-20-6-4-3-5-19(16)20)24-13-14-28-17-7-9-18(10-8-17)29(2,26)27/h3-10,15,25H,11-14H2,1-2H3,(H2,22,23,24). The van der Waals surface area contributed by atoms with Crippen molar-refractivity contribution in [2.24, 2.45) is 4.99 Å². The zero-order valence-corrected chi connectivity index (χ0v) is 17.4. The van der Waals surface area contributed by atoms with Gasteiger partial charge in [-0.3, -0.25) is 4.99 Å². The molecule has 3 aromatic rings. The molecule has 0 atom stereocenters. The van der Waals surface area contributed by atoms with Gasteiger partial charge < -0.3 is 20.4 Å². The van der Waals surface area contributed by atoms with Gasteiger partial charge in [-0.1, -0.05) is 18.2 Å². The molecule has 0 amide bonds. The van der Waals surface area contributed by atoms with Crippen molar-refractivity contribution in [3.05, 3.63) is 60.3 Å². The van der Waals surface area contributed by atoms with Crippen LogP contribution in [0.15, 0.2) is 64.6 Å². The molecule has 0 unspecified atom stereocenters. The minimum absolute atomic E-state index is 0.280. The Labute approximate surface area is 171 Å². The van der Waals surface area contributed by atoms with Gasteiger partial charge in [-0.05, 0) is 42.3 Å². The molecule has 0 fully saturated rings. The molecule has 0 radical (unpaired) electrons. The number of hydrogen-bond donors (Lipinski definition) is 3. The highest BCUT2D eigenvalue weighted by Crippen LogP contribution is 2.17. The Bertz CT molecular complexity index is 1070. The summed E-state index contributed by atoms with van der Waals surface area (Å²) in [7, 11) is -1.46. The van der Waals surface area contributed by atoms with Crippen molar-refractivity contribution >= 4 is 26.7 Å². The number of benzene rings is 2. The average Bonchev–Trinajstić information content (AvgIpc) is 3.12. The van der Waals surface area contributed by atoms with Crippen LogP contribution in [0.4, 0.5) is 0 Å². The summed E-state index contributed by atoms with van der Waals surface area (Å²) >= 11 is 0. The fourth-order valence-corrected chi connectivity index (χ4v) is 3.63. The van der Waals surface area contributed by atoms with Crippen LogP contribution in [-0.2, 0) is 16.3 Å². The summed E-state index contributed by atoms with van der Waals surface area (Å²) in [6.45, 7) is 1.76.